The van der Waals surface area contributed by atoms with Crippen molar-refractivity contribution in [3.8, 4) is 0 Å². The molecule has 1 saturated heterocycles. The summed E-state index contributed by atoms with van der Waals surface area (Å²) in [5.74, 6) is 0.653. The van der Waals surface area contributed by atoms with Gasteiger partial charge >= 0.3 is 0 Å². The smallest absolute Gasteiger partial charge is 0.222 e. The predicted octanol–water partition coefficient (Wildman–Crippen LogP) is 1.96. The van der Waals surface area contributed by atoms with Gasteiger partial charge in [0.15, 0.2) is 0 Å². The lowest BCUT2D eigenvalue weighted by molar-refractivity contribution is -0.123. The van der Waals surface area contributed by atoms with Crippen molar-refractivity contribution < 1.29 is 9.90 Å². The van der Waals surface area contributed by atoms with E-state index in [2.05, 4.69) is 17.3 Å². The first-order valence-corrected chi connectivity index (χ1v) is 7.83. The van der Waals surface area contributed by atoms with Crippen LogP contribution in [0.5, 0.6) is 0 Å². The third-order valence-electron chi connectivity index (χ3n) is 4.28. The van der Waals surface area contributed by atoms with Crippen LogP contribution in [0.3, 0.4) is 0 Å². The minimum absolute atomic E-state index is 0.0701. The zero-order valence-corrected chi connectivity index (χ0v) is 12.8. The fraction of sp³-hybridized carbons (Fsp3) is 0.588. The largest absolute Gasteiger partial charge is 0.388 e. The van der Waals surface area contributed by atoms with E-state index in [1.807, 2.05) is 30.3 Å². The van der Waals surface area contributed by atoms with Crippen molar-refractivity contribution in [2.45, 2.75) is 31.8 Å². The van der Waals surface area contributed by atoms with Crippen molar-refractivity contribution in [3.63, 3.8) is 0 Å². The molecule has 0 aromatic heterocycles. The topological polar surface area (TPSA) is 52.6 Å². The second kappa shape index (κ2) is 8.15. The van der Waals surface area contributed by atoms with E-state index >= 15 is 0 Å². The number of carbonyl (C=O) groups excluding carboxylic acids is 1. The van der Waals surface area contributed by atoms with Gasteiger partial charge in [-0.2, -0.15) is 0 Å². The monoisotopic (exact) mass is 290 g/mol. The lowest BCUT2D eigenvalue weighted by Gasteiger charge is -2.28. The Hall–Kier alpha value is -1.39. The van der Waals surface area contributed by atoms with Crippen molar-refractivity contribution in [2.75, 3.05) is 26.7 Å². The van der Waals surface area contributed by atoms with Crippen LogP contribution in [0.2, 0.25) is 0 Å². The van der Waals surface area contributed by atoms with Crippen molar-refractivity contribution >= 4 is 5.91 Å². The molecule has 2 rings (SSSR count). The number of aliphatic hydroxyl groups excluding tert-OH is 1. The maximum absolute atomic E-state index is 11.8. The molecule has 116 valence electrons. The quantitative estimate of drug-likeness (QED) is 0.842. The lowest BCUT2D eigenvalue weighted by atomic mass is 9.94. The summed E-state index contributed by atoms with van der Waals surface area (Å²) >= 11 is 0. The van der Waals surface area contributed by atoms with Crippen LogP contribution in [0.4, 0.5) is 0 Å². The molecule has 0 aliphatic carbocycles. The SMILES string of the molecule is CN1CCC(CCNC(=O)CC(O)c2ccccc2)CC1. The van der Waals surface area contributed by atoms with E-state index in [4.69, 9.17) is 0 Å². The third-order valence-corrected chi connectivity index (χ3v) is 4.28. The lowest BCUT2D eigenvalue weighted by Crippen LogP contribution is -2.33. The Bertz CT molecular complexity index is 428. The summed E-state index contributed by atoms with van der Waals surface area (Å²) in [6.45, 7) is 3.03. The number of piperidine rings is 1. The molecule has 4 heteroatoms. The van der Waals surface area contributed by atoms with Crippen LogP contribution in [0.1, 0.15) is 37.4 Å². The minimum atomic E-state index is -0.713. The van der Waals surface area contributed by atoms with Crippen LogP contribution in [0.15, 0.2) is 30.3 Å². The molecule has 0 radical (unpaired) electrons. The fourth-order valence-corrected chi connectivity index (χ4v) is 2.81. The molecule has 2 N–H and O–H groups in total. The van der Waals surface area contributed by atoms with Gasteiger partial charge in [-0.05, 0) is 50.9 Å². The Labute approximate surface area is 127 Å². The third kappa shape index (κ3) is 5.48. The summed E-state index contributed by atoms with van der Waals surface area (Å²) in [5, 5.41) is 12.9. The van der Waals surface area contributed by atoms with E-state index in [-0.39, 0.29) is 12.3 Å². The van der Waals surface area contributed by atoms with E-state index in [1.54, 1.807) is 0 Å². The van der Waals surface area contributed by atoms with Crippen LogP contribution in [-0.4, -0.2) is 42.6 Å². The van der Waals surface area contributed by atoms with Gasteiger partial charge in [-0.15, -0.1) is 0 Å². The number of carbonyl (C=O) groups is 1. The molecular weight excluding hydrogens is 264 g/mol. The minimum Gasteiger partial charge on any atom is -0.388 e. The Balaban J connectivity index is 1.63. The van der Waals surface area contributed by atoms with E-state index in [1.165, 1.54) is 12.8 Å². The number of nitrogens with one attached hydrogen (secondary N) is 1. The molecule has 1 amide bonds. The van der Waals surface area contributed by atoms with Gasteiger partial charge in [0.25, 0.3) is 0 Å². The molecule has 1 unspecified atom stereocenters. The Morgan fingerprint density at radius 1 is 1.33 bits per heavy atom. The first-order valence-electron chi connectivity index (χ1n) is 7.83. The molecular formula is C17H26N2O2. The second-order valence-corrected chi connectivity index (χ2v) is 6.02. The van der Waals surface area contributed by atoms with Gasteiger partial charge in [-0.1, -0.05) is 30.3 Å². The molecule has 1 aromatic rings. The van der Waals surface area contributed by atoms with Crippen molar-refractivity contribution in [1.82, 2.24) is 10.2 Å². The van der Waals surface area contributed by atoms with E-state index < -0.39 is 6.10 Å². The van der Waals surface area contributed by atoms with Crippen LogP contribution in [-0.2, 0) is 4.79 Å². The molecule has 4 nitrogen and oxygen atoms in total. The Morgan fingerprint density at radius 3 is 2.67 bits per heavy atom. The van der Waals surface area contributed by atoms with Crippen molar-refractivity contribution in [1.29, 1.82) is 0 Å². The molecule has 0 saturated carbocycles. The van der Waals surface area contributed by atoms with E-state index in [0.717, 1.165) is 31.0 Å². The molecule has 1 aliphatic rings. The standard InChI is InChI=1S/C17H26N2O2/c1-19-11-8-14(9-12-19)7-10-18-17(21)13-16(20)15-5-3-2-4-6-15/h2-6,14,16,20H,7-13H2,1H3,(H,18,21). The zero-order valence-electron chi connectivity index (χ0n) is 12.8. The summed E-state index contributed by atoms with van der Waals surface area (Å²) in [6.07, 6.45) is 2.91. The number of nitrogens with zero attached hydrogens (tertiary/aromatic N) is 1. The highest BCUT2D eigenvalue weighted by Crippen LogP contribution is 2.19. The normalized spacial score (nSPS) is 18.4. The average molecular weight is 290 g/mol. The van der Waals surface area contributed by atoms with Crippen molar-refractivity contribution in [2.24, 2.45) is 5.92 Å². The fourth-order valence-electron chi connectivity index (χ4n) is 2.81. The van der Waals surface area contributed by atoms with Crippen LogP contribution in [0.25, 0.3) is 0 Å². The molecule has 1 aliphatic heterocycles. The highest BCUT2D eigenvalue weighted by molar-refractivity contribution is 5.76. The van der Waals surface area contributed by atoms with Gasteiger partial charge in [0.05, 0.1) is 12.5 Å². The van der Waals surface area contributed by atoms with Crippen LogP contribution in [0, 0.1) is 5.92 Å². The Kier molecular flexibility index (Phi) is 6.21. The number of hydrogen-bond acceptors (Lipinski definition) is 3. The number of rotatable bonds is 6. The van der Waals surface area contributed by atoms with Gasteiger partial charge in [-0.3, -0.25) is 4.79 Å². The number of benzene rings is 1. The predicted molar refractivity (Wildman–Crippen MR) is 83.9 cm³/mol. The Morgan fingerprint density at radius 2 is 2.00 bits per heavy atom. The van der Waals surface area contributed by atoms with Gasteiger partial charge in [-0.25, -0.2) is 0 Å². The van der Waals surface area contributed by atoms with Gasteiger partial charge in [0, 0.05) is 6.54 Å². The molecule has 0 spiro atoms. The molecule has 1 fully saturated rings. The molecule has 1 heterocycles. The van der Waals surface area contributed by atoms with E-state index in [0.29, 0.717) is 6.54 Å². The molecule has 21 heavy (non-hydrogen) atoms. The van der Waals surface area contributed by atoms with E-state index in [9.17, 15) is 9.90 Å². The summed E-state index contributed by atoms with van der Waals surface area (Å²) in [4.78, 5) is 14.2. The summed E-state index contributed by atoms with van der Waals surface area (Å²) in [5.41, 5.74) is 0.794. The number of hydrogen-bond donors (Lipinski definition) is 2. The summed E-state index contributed by atoms with van der Waals surface area (Å²) < 4.78 is 0. The van der Waals surface area contributed by atoms with Gasteiger partial charge in [0.1, 0.15) is 0 Å². The summed E-state index contributed by atoms with van der Waals surface area (Å²) in [6, 6.07) is 9.33. The van der Waals surface area contributed by atoms with Gasteiger partial charge in [0.2, 0.25) is 5.91 Å². The summed E-state index contributed by atoms with van der Waals surface area (Å²) in [7, 11) is 2.16. The molecule has 0 bridgehead atoms. The van der Waals surface area contributed by atoms with Crippen LogP contribution >= 0.6 is 0 Å². The van der Waals surface area contributed by atoms with Crippen molar-refractivity contribution in [3.05, 3.63) is 35.9 Å². The number of aliphatic hydroxyl groups is 1. The first-order chi connectivity index (χ1) is 10.1. The maximum Gasteiger partial charge on any atom is 0.222 e. The maximum atomic E-state index is 11.8. The van der Waals surface area contributed by atoms with Gasteiger partial charge < -0.3 is 15.3 Å². The highest BCUT2D eigenvalue weighted by atomic mass is 16.3. The first kappa shape index (κ1) is 16.0. The zero-order chi connectivity index (χ0) is 15.1. The van der Waals surface area contributed by atoms with Crippen LogP contribution < -0.4 is 5.32 Å². The number of likely N-dealkylation sites (tertiary alicyclic amines) is 1. The highest BCUT2D eigenvalue weighted by Gasteiger charge is 2.17. The number of amides is 1. The molecule has 1 atom stereocenters. The molecule has 1 aromatic carbocycles. The second-order valence-electron chi connectivity index (χ2n) is 6.02. The average Bonchev–Trinajstić information content (AvgIpc) is 2.50.